The van der Waals surface area contributed by atoms with Crippen LogP contribution >= 0.6 is 0 Å². The van der Waals surface area contributed by atoms with Crippen LogP contribution in [0.3, 0.4) is 0 Å². The smallest absolute Gasteiger partial charge is 0.144 e. The maximum absolute atomic E-state index is 5.29. The number of hydrogen-bond donors (Lipinski definition) is 0. The second kappa shape index (κ2) is 7.40. The molecule has 1 aromatic carbocycles. The summed E-state index contributed by atoms with van der Waals surface area (Å²) in [6.07, 6.45) is 7.25. The predicted octanol–water partition coefficient (Wildman–Crippen LogP) is 5.27. The summed E-state index contributed by atoms with van der Waals surface area (Å²) in [6, 6.07) is 10.3. The Bertz CT molecular complexity index is 981. The molecular formula is C22H23N3O. The molecule has 0 aliphatic heterocycles. The summed E-state index contributed by atoms with van der Waals surface area (Å²) in [5, 5.41) is 1.05. The Morgan fingerprint density at radius 2 is 1.92 bits per heavy atom. The van der Waals surface area contributed by atoms with Crippen LogP contribution in [-0.2, 0) is 0 Å². The lowest BCUT2D eigenvalue weighted by Gasteiger charge is -2.20. The zero-order valence-corrected chi connectivity index (χ0v) is 15.4. The first-order chi connectivity index (χ1) is 12.6. The molecule has 0 radical (unpaired) electrons. The van der Waals surface area contributed by atoms with E-state index in [-0.39, 0.29) is 6.04 Å². The van der Waals surface area contributed by atoms with E-state index in [0.29, 0.717) is 0 Å². The summed E-state index contributed by atoms with van der Waals surface area (Å²) in [6.45, 7) is 11.9. The Balaban J connectivity index is 2.27. The summed E-state index contributed by atoms with van der Waals surface area (Å²) < 4.78 is 7.51. The van der Waals surface area contributed by atoms with E-state index in [1.54, 1.807) is 19.5 Å². The van der Waals surface area contributed by atoms with Crippen LogP contribution in [0.4, 0.5) is 0 Å². The molecule has 0 bridgehead atoms. The average Bonchev–Trinajstić information content (AvgIpc) is 3.06. The van der Waals surface area contributed by atoms with Crippen LogP contribution in [0.1, 0.15) is 18.7 Å². The summed E-state index contributed by atoms with van der Waals surface area (Å²) in [5.41, 5.74) is 5.12. The largest absolute Gasteiger partial charge is 0.497 e. The van der Waals surface area contributed by atoms with E-state index < -0.39 is 0 Å². The summed E-state index contributed by atoms with van der Waals surface area (Å²) in [7, 11) is 1.67. The van der Waals surface area contributed by atoms with Crippen LogP contribution < -0.4 is 4.74 Å². The van der Waals surface area contributed by atoms with Gasteiger partial charge >= 0.3 is 0 Å². The van der Waals surface area contributed by atoms with Crippen LogP contribution in [0.5, 0.6) is 5.75 Å². The molecule has 2 aromatic heterocycles. The number of benzene rings is 1. The minimum absolute atomic E-state index is 0.0504. The summed E-state index contributed by atoms with van der Waals surface area (Å²) in [4.78, 5) is 8.91. The molecule has 26 heavy (non-hydrogen) atoms. The lowest BCUT2D eigenvalue weighted by molar-refractivity contribution is 0.415. The molecule has 0 spiro atoms. The number of aryl methyl sites for hydroxylation is 1. The molecule has 0 aliphatic rings. The van der Waals surface area contributed by atoms with Gasteiger partial charge in [-0.3, -0.25) is 0 Å². The van der Waals surface area contributed by atoms with Crippen molar-refractivity contribution in [1.29, 1.82) is 0 Å². The molecule has 0 saturated heterocycles. The second-order valence-corrected chi connectivity index (χ2v) is 6.11. The third kappa shape index (κ3) is 3.06. The number of rotatable bonds is 6. The van der Waals surface area contributed by atoms with Crippen LogP contribution in [0.15, 0.2) is 73.6 Å². The van der Waals surface area contributed by atoms with Gasteiger partial charge in [-0.2, -0.15) is 0 Å². The average molecular weight is 345 g/mol. The van der Waals surface area contributed by atoms with Crippen LogP contribution in [-0.4, -0.2) is 21.6 Å². The Hall–Kier alpha value is -3.14. The van der Waals surface area contributed by atoms with E-state index in [1.807, 2.05) is 31.2 Å². The molecular weight excluding hydrogens is 322 g/mol. The van der Waals surface area contributed by atoms with Crippen molar-refractivity contribution in [3.05, 3.63) is 79.3 Å². The number of nitrogens with zero attached hydrogens (tertiary/aromatic N) is 3. The highest BCUT2D eigenvalue weighted by atomic mass is 16.5. The highest BCUT2D eigenvalue weighted by Crippen LogP contribution is 2.34. The molecule has 0 N–H and O–H groups in total. The van der Waals surface area contributed by atoms with Crippen LogP contribution in [0.25, 0.3) is 22.3 Å². The van der Waals surface area contributed by atoms with Crippen molar-refractivity contribution in [2.75, 3.05) is 7.11 Å². The van der Waals surface area contributed by atoms with Gasteiger partial charge in [0.2, 0.25) is 0 Å². The second-order valence-electron chi connectivity index (χ2n) is 6.11. The fourth-order valence-corrected chi connectivity index (χ4v) is 3.19. The van der Waals surface area contributed by atoms with Gasteiger partial charge in [0.25, 0.3) is 0 Å². The molecule has 0 saturated carbocycles. The van der Waals surface area contributed by atoms with Gasteiger partial charge in [0.05, 0.1) is 24.5 Å². The molecule has 0 fully saturated rings. The van der Waals surface area contributed by atoms with Crippen LogP contribution in [0, 0.1) is 6.92 Å². The van der Waals surface area contributed by atoms with Gasteiger partial charge in [-0.05, 0) is 55.3 Å². The molecule has 0 amide bonds. The van der Waals surface area contributed by atoms with Crippen molar-refractivity contribution in [2.24, 2.45) is 0 Å². The van der Waals surface area contributed by atoms with E-state index in [2.05, 4.69) is 52.8 Å². The molecule has 0 aliphatic carbocycles. The maximum Gasteiger partial charge on any atom is 0.144 e. The van der Waals surface area contributed by atoms with Gasteiger partial charge < -0.3 is 9.30 Å². The quantitative estimate of drug-likeness (QED) is 0.571. The van der Waals surface area contributed by atoms with E-state index in [1.165, 1.54) is 0 Å². The molecule has 1 unspecified atom stereocenters. The molecule has 3 aromatic rings. The summed E-state index contributed by atoms with van der Waals surface area (Å²) >= 11 is 0. The maximum atomic E-state index is 5.29. The fourth-order valence-electron chi connectivity index (χ4n) is 3.19. The van der Waals surface area contributed by atoms with Crippen molar-refractivity contribution in [1.82, 2.24) is 14.5 Å². The van der Waals surface area contributed by atoms with Gasteiger partial charge in [-0.25, -0.2) is 9.97 Å². The molecule has 3 rings (SSSR count). The van der Waals surface area contributed by atoms with Gasteiger partial charge in [-0.15, -0.1) is 0 Å². The molecule has 2 heterocycles. The molecule has 132 valence electrons. The minimum Gasteiger partial charge on any atom is -0.497 e. The molecule has 4 nitrogen and oxygen atoms in total. The third-order valence-corrected chi connectivity index (χ3v) is 4.63. The lowest BCUT2D eigenvalue weighted by atomic mass is 10.1. The van der Waals surface area contributed by atoms with Crippen molar-refractivity contribution < 1.29 is 4.74 Å². The first-order valence-electron chi connectivity index (χ1n) is 8.52. The van der Waals surface area contributed by atoms with Crippen molar-refractivity contribution >= 4 is 11.0 Å². The number of ether oxygens (including phenoxy) is 1. The SMILES string of the molecule is C=C/C=C(\C=C)C(C)n1c(-c2ccc(OC)cc2)cc2c(C)ncnc21. The Morgan fingerprint density at radius 3 is 2.54 bits per heavy atom. The minimum atomic E-state index is 0.0504. The van der Waals surface area contributed by atoms with Gasteiger partial charge in [0.15, 0.2) is 0 Å². The number of aromatic nitrogens is 3. The Morgan fingerprint density at radius 1 is 1.19 bits per heavy atom. The highest BCUT2D eigenvalue weighted by molar-refractivity contribution is 5.86. The Labute approximate surface area is 154 Å². The highest BCUT2D eigenvalue weighted by Gasteiger charge is 2.19. The van der Waals surface area contributed by atoms with Crippen molar-refractivity contribution in [3.8, 4) is 17.0 Å². The van der Waals surface area contributed by atoms with Crippen LogP contribution in [0.2, 0.25) is 0 Å². The number of methoxy groups -OCH3 is 1. The zero-order chi connectivity index (χ0) is 18.7. The van der Waals surface area contributed by atoms with E-state index in [4.69, 9.17) is 4.74 Å². The number of hydrogen-bond acceptors (Lipinski definition) is 3. The van der Waals surface area contributed by atoms with Gasteiger partial charge in [0, 0.05) is 5.39 Å². The number of allylic oxidation sites excluding steroid dienone is 4. The standard InChI is InChI=1S/C22H23N3O/c1-6-8-17(7-2)16(4)25-21(18-9-11-19(26-5)12-10-18)13-20-15(3)23-14-24-22(20)25/h6-14,16H,1-2H2,3-5H3/b17-8+. The van der Waals surface area contributed by atoms with Crippen molar-refractivity contribution in [3.63, 3.8) is 0 Å². The predicted molar refractivity (Wildman–Crippen MR) is 107 cm³/mol. The monoisotopic (exact) mass is 345 g/mol. The van der Waals surface area contributed by atoms with Gasteiger partial charge in [-0.1, -0.05) is 31.4 Å². The summed E-state index contributed by atoms with van der Waals surface area (Å²) in [5.74, 6) is 0.832. The van der Waals surface area contributed by atoms with Crippen molar-refractivity contribution in [2.45, 2.75) is 19.9 Å². The third-order valence-electron chi connectivity index (χ3n) is 4.63. The Kier molecular flexibility index (Phi) is 5.03. The normalized spacial score (nSPS) is 12.8. The van der Waals surface area contributed by atoms with E-state index >= 15 is 0 Å². The number of fused-ring (bicyclic) bond motifs is 1. The fraction of sp³-hybridized carbons (Fsp3) is 0.182. The first kappa shape index (κ1) is 17.7. The molecule has 4 heteroatoms. The van der Waals surface area contributed by atoms with Gasteiger partial charge in [0.1, 0.15) is 17.7 Å². The first-order valence-corrected chi connectivity index (χ1v) is 8.52. The lowest BCUT2D eigenvalue weighted by Crippen LogP contribution is -2.09. The zero-order valence-electron chi connectivity index (χ0n) is 15.4. The molecule has 1 atom stereocenters. The topological polar surface area (TPSA) is 39.9 Å². The van der Waals surface area contributed by atoms with E-state index in [0.717, 1.165) is 39.3 Å². The van der Waals surface area contributed by atoms with E-state index in [9.17, 15) is 0 Å².